The predicted molar refractivity (Wildman–Crippen MR) is 216 cm³/mol. The number of aryl methyl sites for hydroxylation is 2. The zero-order valence-corrected chi connectivity index (χ0v) is 33.1. The highest BCUT2D eigenvalue weighted by Crippen LogP contribution is 2.32. The van der Waals surface area contributed by atoms with Gasteiger partial charge in [-0.15, -0.1) is 0 Å². The molecule has 2 aromatic carbocycles. The Morgan fingerprint density at radius 2 is 1.63 bits per heavy atom. The van der Waals surface area contributed by atoms with E-state index in [1.165, 1.54) is 17.2 Å². The summed E-state index contributed by atoms with van der Waals surface area (Å²) in [4.78, 5) is 35.8. The van der Waals surface area contributed by atoms with Crippen LogP contribution in [0.5, 0.6) is 11.6 Å². The maximum Gasteiger partial charge on any atom is 0.272 e. The molecule has 57 heavy (non-hydrogen) atoms. The van der Waals surface area contributed by atoms with Crippen molar-refractivity contribution < 1.29 is 23.5 Å². The van der Waals surface area contributed by atoms with Gasteiger partial charge in [0, 0.05) is 75.7 Å². The fourth-order valence-corrected chi connectivity index (χ4v) is 8.93. The van der Waals surface area contributed by atoms with Gasteiger partial charge in [-0.1, -0.05) is 30.3 Å². The van der Waals surface area contributed by atoms with Gasteiger partial charge in [0.1, 0.15) is 22.8 Å². The van der Waals surface area contributed by atoms with E-state index in [0.29, 0.717) is 49.2 Å². The Balaban J connectivity index is 0.930. The molecule has 13 heteroatoms. The number of morpholine rings is 1. The third kappa shape index (κ3) is 9.89. The summed E-state index contributed by atoms with van der Waals surface area (Å²) in [6, 6.07) is 18.4. The third-order valence-electron chi connectivity index (χ3n) is 11.7. The van der Waals surface area contributed by atoms with Gasteiger partial charge in [0.25, 0.3) is 11.8 Å². The molecule has 3 aliphatic heterocycles. The van der Waals surface area contributed by atoms with Gasteiger partial charge in [-0.2, -0.15) is 5.10 Å². The number of piperazine rings is 1. The van der Waals surface area contributed by atoms with E-state index < -0.39 is 11.7 Å². The van der Waals surface area contributed by atoms with Crippen LogP contribution in [0.2, 0.25) is 0 Å². The van der Waals surface area contributed by atoms with Crippen LogP contribution in [-0.4, -0.2) is 99.9 Å². The van der Waals surface area contributed by atoms with Gasteiger partial charge in [0.15, 0.2) is 0 Å². The van der Waals surface area contributed by atoms with Crippen LogP contribution in [-0.2, 0) is 30.8 Å². The summed E-state index contributed by atoms with van der Waals surface area (Å²) in [5.41, 5.74) is 6.23. The lowest BCUT2D eigenvalue weighted by Gasteiger charge is -2.36. The Kier molecular flexibility index (Phi) is 12.3. The number of carbonyl (C=O) groups is 2. The molecule has 3 fully saturated rings. The maximum atomic E-state index is 14.6. The largest absolute Gasteiger partial charge is 0.438 e. The molecule has 0 radical (unpaired) electrons. The van der Waals surface area contributed by atoms with Crippen molar-refractivity contribution in [3.8, 4) is 22.8 Å². The normalized spacial score (nSPS) is 23.1. The first-order chi connectivity index (χ1) is 27.7. The van der Waals surface area contributed by atoms with E-state index in [9.17, 15) is 14.0 Å². The Hall–Kier alpha value is -4.69. The second-order valence-electron chi connectivity index (χ2n) is 16.4. The lowest BCUT2D eigenvalue weighted by Crippen LogP contribution is -2.53. The maximum absolute atomic E-state index is 14.6. The van der Waals surface area contributed by atoms with E-state index in [2.05, 4.69) is 73.9 Å². The van der Waals surface area contributed by atoms with Crippen LogP contribution in [0.25, 0.3) is 11.1 Å². The number of amides is 2. The van der Waals surface area contributed by atoms with Crippen molar-refractivity contribution in [3.05, 3.63) is 94.7 Å². The SMILES string of the molecule is C[C@@H]1CN(Cc2ccc(-c3cccc(Oc4ncc(F)cc4C(=O)N[C@H]4CC[C@H](NC(=O)c5cc6n(n5)CCCC6)CC4)c3)c(CN3CCOCC3)c2)C[C@H](C)N1. The average molecular weight is 779 g/mol. The molecule has 2 saturated heterocycles. The minimum absolute atomic E-state index is 0.00294. The van der Waals surface area contributed by atoms with E-state index in [1.54, 1.807) is 0 Å². The molecule has 0 unspecified atom stereocenters. The number of carbonyl (C=O) groups excluding carboxylic acids is 2. The third-order valence-corrected chi connectivity index (χ3v) is 11.7. The molecule has 0 spiro atoms. The molecule has 1 aliphatic carbocycles. The molecule has 12 nitrogen and oxygen atoms in total. The van der Waals surface area contributed by atoms with Crippen LogP contribution in [0.15, 0.2) is 60.8 Å². The van der Waals surface area contributed by atoms with Gasteiger partial charge in [-0.25, -0.2) is 9.37 Å². The topological polar surface area (TPSA) is 126 Å². The highest BCUT2D eigenvalue weighted by molar-refractivity contribution is 5.96. The van der Waals surface area contributed by atoms with Crippen molar-refractivity contribution in [2.75, 3.05) is 39.4 Å². The number of pyridine rings is 1. The van der Waals surface area contributed by atoms with E-state index in [1.807, 2.05) is 28.9 Å². The van der Waals surface area contributed by atoms with Crippen molar-refractivity contribution in [2.45, 2.75) is 103 Å². The monoisotopic (exact) mass is 778 g/mol. The molecule has 4 aromatic rings. The molecule has 8 rings (SSSR count). The molecule has 2 aromatic heterocycles. The van der Waals surface area contributed by atoms with Crippen LogP contribution in [0, 0.1) is 5.82 Å². The van der Waals surface area contributed by atoms with Gasteiger partial charge in [-0.3, -0.25) is 24.1 Å². The van der Waals surface area contributed by atoms with E-state index in [-0.39, 0.29) is 29.4 Å². The number of hydrogen-bond acceptors (Lipinski definition) is 9. The van der Waals surface area contributed by atoms with Crippen molar-refractivity contribution in [1.29, 1.82) is 0 Å². The molecule has 2 atom stereocenters. The molecule has 3 N–H and O–H groups in total. The molecule has 2 amide bonds. The first-order valence-corrected chi connectivity index (χ1v) is 20.7. The molecular weight excluding hydrogens is 724 g/mol. The lowest BCUT2D eigenvalue weighted by molar-refractivity contribution is 0.0342. The number of aromatic nitrogens is 3. The van der Waals surface area contributed by atoms with E-state index in [0.717, 1.165) is 101 Å². The number of nitrogens with one attached hydrogen (secondary N) is 3. The Bertz CT molecular complexity index is 2010. The van der Waals surface area contributed by atoms with Crippen LogP contribution in [0.1, 0.15) is 90.0 Å². The number of benzene rings is 2. The Labute approximate surface area is 334 Å². The standard InChI is InChI=1S/C44H55FN8O4/c1-29-25-52(26-30(2)47-29)27-31-9-14-39(33(20-31)28-51-16-18-56-19-17-51)32-6-5-8-38(21-32)57-44-40(22-34(45)24-46-44)42(54)48-35-10-12-36(13-11-35)49-43(55)41-23-37-7-3-4-15-53(37)50-41/h5-6,8-9,14,20-24,29-30,35-36,47H,3-4,7,10-13,15-19,25-28H2,1-2H3,(H,48,54)(H,49,55)/t29-,30+,35-,36-. The number of hydrogen-bond donors (Lipinski definition) is 3. The predicted octanol–water partition coefficient (Wildman–Crippen LogP) is 5.70. The van der Waals surface area contributed by atoms with Crippen LogP contribution in [0.4, 0.5) is 4.39 Å². The zero-order chi connectivity index (χ0) is 39.3. The lowest BCUT2D eigenvalue weighted by atomic mass is 9.91. The van der Waals surface area contributed by atoms with Gasteiger partial charge < -0.3 is 25.4 Å². The molecule has 4 aliphatic rings. The summed E-state index contributed by atoms with van der Waals surface area (Å²) < 4.78 is 28.4. The molecular formula is C44H55FN8O4. The van der Waals surface area contributed by atoms with E-state index in [4.69, 9.17) is 9.47 Å². The second kappa shape index (κ2) is 17.8. The average Bonchev–Trinajstić information content (AvgIpc) is 3.65. The van der Waals surface area contributed by atoms with Crippen molar-refractivity contribution in [3.63, 3.8) is 0 Å². The number of halogens is 1. The molecule has 0 bridgehead atoms. The summed E-state index contributed by atoms with van der Waals surface area (Å²) in [6.07, 6.45) is 7.01. The zero-order valence-electron chi connectivity index (χ0n) is 33.1. The van der Waals surface area contributed by atoms with Crippen LogP contribution in [0.3, 0.4) is 0 Å². The van der Waals surface area contributed by atoms with Gasteiger partial charge >= 0.3 is 0 Å². The Morgan fingerprint density at radius 3 is 2.39 bits per heavy atom. The fourth-order valence-electron chi connectivity index (χ4n) is 8.93. The van der Waals surface area contributed by atoms with Crippen molar-refractivity contribution in [1.82, 2.24) is 40.5 Å². The molecule has 302 valence electrons. The number of fused-ring (bicyclic) bond motifs is 1. The highest BCUT2D eigenvalue weighted by Gasteiger charge is 2.28. The Morgan fingerprint density at radius 1 is 0.877 bits per heavy atom. The first-order valence-electron chi connectivity index (χ1n) is 20.7. The van der Waals surface area contributed by atoms with Crippen LogP contribution < -0.4 is 20.7 Å². The number of ether oxygens (including phenoxy) is 2. The highest BCUT2D eigenvalue weighted by atomic mass is 19.1. The summed E-state index contributed by atoms with van der Waals surface area (Å²) in [7, 11) is 0. The first kappa shape index (κ1) is 39.2. The number of rotatable bonds is 11. The molecule has 1 saturated carbocycles. The fraction of sp³-hybridized carbons (Fsp3) is 0.500. The summed E-state index contributed by atoms with van der Waals surface area (Å²) in [5, 5.41) is 14.4. The van der Waals surface area contributed by atoms with Crippen molar-refractivity contribution in [2.24, 2.45) is 0 Å². The second-order valence-corrected chi connectivity index (χ2v) is 16.4. The van der Waals surface area contributed by atoms with Crippen LogP contribution >= 0.6 is 0 Å². The number of nitrogens with zero attached hydrogens (tertiary/aromatic N) is 5. The van der Waals surface area contributed by atoms with E-state index >= 15 is 0 Å². The van der Waals surface area contributed by atoms with Gasteiger partial charge in [0.2, 0.25) is 5.88 Å². The van der Waals surface area contributed by atoms with Crippen molar-refractivity contribution >= 4 is 11.8 Å². The van der Waals surface area contributed by atoms with Gasteiger partial charge in [-0.05, 0) is 105 Å². The molecule has 5 heterocycles. The van der Waals surface area contributed by atoms with Gasteiger partial charge in [0.05, 0.1) is 19.4 Å². The smallest absolute Gasteiger partial charge is 0.272 e. The quantitative estimate of drug-likeness (QED) is 0.176. The summed E-state index contributed by atoms with van der Waals surface area (Å²) >= 11 is 0. The minimum atomic E-state index is -0.619. The summed E-state index contributed by atoms with van der Waals surface area (Å²) in [6.45, 7) is 12.3. The minimum Gasteiger partial charge on any atom is -0.438 e. The summed E-state index contributed by atoms with van der Waals surface area (Å²) in [5.74, 6) is -0.674.